The lowest BCUT2D eigenvalue weighted by Crippen LogP contribution is -1.81. The average molecular weight is 196 g/mol. The summed E-state index contributed by atoms with van der Waals surface area (Å²) < 4.78 is 7.89. The number of rotatable bonds is 0. The van der Waals surface area contributed by atoms with E-state index in [-0.39, 0.29) is 5.75 Å². The Hall–Kier alpha value is -2.09. The van der Waals surface area contributed by atoms with Crippen molar-refractivity contribution >= 4 is 21.7 Å². The molecule has 0 saturated carbocycles. The van der Waals surface area contributed by atoms with Crippen molar-refractivity contribution in [2.45, 2.75) is 0 Å². The van der Waals surface area contributed by atoms with Crippen LogP contribution in [-0.2, 0) is 0 Å². The Kier molecular flexibility index (Phi) is 1.42. The maximum Gasteiger partial charge on any atom is 0.125 e. The molecule has 0 aliphatic rings. The molecule has 0 fully saturated rings. The fourth-order valence-corrected chi connectivity index (χ4v) is 1.81. The minimum atomic E-state index is 0.209. The third kappa shape index (κ3) is 1.15. The van der Waals surface area contributed by atoms with Gasteiger partial charge in [-0.05, 0) is 17.5 Å². The monoisotopic (exact) mass is 196 g/mol. The van der Waals surface area contributed by atoms with Crippen LogP contribution in [0, 0.1) is 0 Å². The second kappa shape index (κ2) is 2.95. The summed E-state index contributed by atoms with van der Waals surface area (Å²) in [6.45, 7) is 0. The summed E-state index contributed by atoms with van der Waals surface area (Å²) in [6.07, 6.45) is 1.67. The number of pyridine rings is 1. The quantitative estimate of drug-likeness (QED) is 0.560. The number of nitrogens with zero attached hydrogens (tertiary/aromatic N) is 1. The Morgan fingerprint density at radius 3 is 2.87 bits per heavy atom. The topological polar surface area (TPSA) is 33.1 Å². The molecule has 0 aliphatic heterocycles. The van der Waals surface area contributed by atoms with Crippen LogP contribution in [0.3, 0.4) is 0 Å². The molecule has 1 heterocycles. The zero-order valence-corrected chi connectivity index (χ0v) is 7.94. The molecule has 3 aromatic rings. The molecule has 15 heavy (non-hydrogen) atoms. The maximum absolute atomic E-state index is 9.86. The summed E-state index contributed by atoms with van der Waals surface area (Å²) in [4.78, 5) is 4.25. The molecule has 1 N–H and O–H groups in total. The van der Waals surface area contributed by atoms with Crippen molar-refractivity contribution in [1.82, 2.24) is 4.98 Å². The van der Waals surface area contributed by atoms with Crippen LogP contribution >= 0.6 is 0 Å². The summed E-state index contributed by atoms with van der Waals surface area (Å²) in [5, 5.41) is 12.2. The van der Waals surface area contributed by atoms with Gasteiger partial charge in [-0.1, -0.05) is 30.3 Å². The fourth-order valence-electron chi connectivity index (χ4n) is 1.81. The van der Waals surface area contributed by atoms with E-state index < -0.39 is 0 Å². The third-order valence-corrected chi connectivity index (χ3v) is 2.50. The number of aromatic hydroxyl groups is 1. The molecule has 0 aliphatic carbocycles. The molecule has 0 bridgehead atoms. The van der Waals surface area contributed by atoms with E-state index in [1.54, 1.807) is 30.5 Å². The summed E-state index contributed by atoms with van der Waals surface area (Å²) in [6, 6.07) is 11.1. The number of hydrogen-bond donors (Lipinski definition) is 1. The highest BCUT2D eigenvalue weighted by Crippen LogP contribution is 2.30. The molecule has 2 heteroatoms. The van der Waals surface area contributed by atoms with E-state index in [0.717, 1.165) is 10.8 Å². The number of benzene rings is 2. The highest BCUT2D eigenvalue weighted by Gasteiger charge is 2.04. The van der Waals surface area contributed by atoms with Crippen LogP contribution in [0.1, 0.15) is 1.37 Å². The first kappa shape index (κ1) is 7.23. The molecule has 2 nitrogen and oxygen atoms in total. The zero-order valence-electron chi connectivity index (χ0n) is 8.94. The van der Waals surface area contributed by atoms with Crippen molar-refractivity contribution in [3.8, 4) is 5.75 Å². The van der Waals surface area contributed by atoms with Crippen molar-refractivity contribution < 1.29 is 6.48 Å². The van der Waals surface area contributed by atoms with E-state index in [1.165, 1.54) is 0 Å². The molecule has 1 aromatic heterocycles. The van der Waals surface area contributed by atoms with Crippen LogP contribution < -0.4 is 0 Å². The number of phenols is 1. The van der Waals surface area contributed by atoms with Gasteiger partial charge in [0.25, 0.3) is 0 Å². The Balaban J connectivity index is 2.67. The van der Waals surface area contributed by atoms with Gasteiger partial charge in [0.05, 0.1) is 6.89 Å². The Labute approximate surface area is 88.2 Å². The second-order valence-electron chi connectivity index (χ2n) is 3.43. The standard InChI is InChI=1S/C13H9NO/c15-11-5-1-3-9-6-7-10-4-2-8-14-13(10)12(9)11/h1-8,15H/i7D. The minimum Gasteiger partial charge on any atom is -0.507 e. The highest BCUT2D eigenvalue weighted by atomic mass is 16.3. The highest BCUT2D eigenvalue weighted by molar-refractivity contribution is 6.08. The molecule has 2 aromatic carbocycles. The fraction of sp³-hybridized carbons (Fsp3) is 0. The number of fused-ring (bicyclic) bond motifs is 3. The van der Waals surface area contributed by atoms with E-state index >= 15 is 0 Å². The first-order valence-electron chi connectivity index (χ1n) is 5.23. The van der Waals surface area contributed by atoms with Crippen LogP contribution in [0.25, 0.3) is 21.7 Å². The van der Waals surface area contributed by atoms with E-state index in [0.29, 0.717) is 16.9 Å². The van der Waals surface area contributed by atoms with Crippen LogP contribution in [0.4, 0.5) is 0 Å². The van der Waals surface area contributed by atoms with Gasteiger partial charge in [-0.3, -0.25) is 4.98 Å². The Morgan fingerprint density at radius 2 is 1.93 bits per heavy atom. The van der Waals surface area contributed by atoms with Gasteiger partial charge >= 0.3 is 0 Å². The number of aromatic nitrogens is 1. The Bertz CT molecular complexity index is 694. The van der Waals surface area contributed by atoms with Gasteiger partial charge < -0.3 is 5.11 Å². The van der Waals surface area contributed by atoms with Crippen LogP contribution in [-0.4, -0.2) is 10.1 Å². The molecule has 0 atom stereocenters. The lowest BCUT2D eigenvalue weighted by atomic mass is 10.1. The van der Waals surface area contributed by atoms with Gasteiger partial charge in [-0.15, -0.1) is 0 Å². The maximum atomic E-state index is 9.86. The first-order chi connectivity index (χ1) is 7.77. The van der Waals surface area contributed by atoms with E-state index in [4.69, 9.17) is 1.37 Å². The van der Waals surface area contributed by atoms with E-state index in [2.05, 4.69) is 4.98 Å². The molecule has 0 spiro atoms. The largest absolute Gasteiger partial charge is 0.507 e. The SMILES string of the molecule is [2H]c1cc2cccc(O)c2c2ncccc12. The van der Waals surface area contributed by atoms with Crippen molar-refractivity contribution in [1.29, 1.82) is 0 Å². The Morgan fingerprint density at radius 1 is 1.07 bits per heavy atom. The van der Waals surface area contributed by atoms with Gasteiger partial charge in [-0.2, -0.15) is 0 Å². The van der Waals surface area contributed by atoms with E-state index in [1.807, 2.05) is 12.1 Å². The molecular weight excluding hydrogens is 186 g/mol. The molecule has 0 unspecified atom stereocenters. The van der Waals surface area contributed by atoms with Gasteiger partial charge in [0, 0.05) is 17.0 Å². The molecular formula is C13H9NO. The average Bonchev–Trinajstić information content (AvgIpc) is 2.29. The molecule has 0 amide bonds. The predicted octanol–water partition coefficient (Wildman–Crippen LogP) is 3.09. The molecule has 0 radical (unpaired) electrons. The molecule has 72 valence electrons. The summed E-state index contributed by atoms with van der Waals surface area (Å²) in [5.41, 5.74) is 0.683. The summed E-state index contributed by atoms with van der Waals surface area (Å²) in [7, 11) is 0. The first-order valence-corrected chi connectivity index (χ1v) is 4.73. The van der Waals surface area contributed by atoms with Crippen molar-refractivity contribution in [3.63, 3.8) is 0 Å². The lowest BCUT2D eigenvalue weighted by molar-refractivity contribution is 0.482. The van der Waals surface area contributed by atoms with Gasteiger partial charge in [0.15, 0.2) is 0 Å². The summed E-state index contributed by atoms with van der Waals surface area (Å²) >= 11 is 0. The number of hydrogen-bond acceptors (Lipinski definition) is 2. The number of phenolic OH excluding ortho intramolecular Hbond substituents is 1. The van der Waals surface area contributed by atoms with E-state index in [9.17, 15) is 5.11 Å². The van der Waals surface area contributed by atoms with Crippen LogP contribution in [0.2, 0.25) is 0 Å². The van der Waals surface area contributed by atoms with Gasteiger partial charge in [0.2, 0.25) is 0 Å². The van der Waals surface area contributed by atoms with Gasteiger partial charge in [-0.25, -0.2) is 0 Å². The second-order valence-corrected chi connectivity index (χ2v) is 3.43. The van der Waals surface area contributed by atoms with Gasteiger partial charge in [0.1, 0.15) is 5.75 Å². The minimum absolute atomic E-state index is 0.209. The van der Waals surface area contributed by atoms with Crippen LogP contribution in [0.5, 0.6) is 5.75 Å². The summed E-state index contributed by atoms with van der Waals surface area (Å²) in [5.74, 6) is 0.209. The lowest BCUT2D eigenvalue weighted by Gasteiger charge is -2.04. The van der Waals surface area contributed by atoms with Crippen molar-refractivity contribution in [2.24, 2.45) is 0 Å². The third-order valence-electron chi connectivity index (χ3n) is 2.50. The van der Waals surface area contributed by atoms with Crippen molar-refractivity contribution in [2.75, 3.05) is 0 Å². The zero-order chi connectivity index (χ0) is 11.1. The molecule has 3 rings (SSSR count). The molecule has 0 saturated heterocycles. The van der Waals surface area contributed by atoms with Crippen LogP contribution in [0.15, 0.2) is 48.6 Å². The smallest absolute Gasteiger partial charge is 0.125 e. The predicted molar refractivity (Wildman–Crippen MR) is 60.9 cm³/mol. The van der Waals surface area contributed by atoms with Crippen molar-refractivity contribution in [3.05, 3.63) is 48.6 Å². The normalized spacial score (nSPS) is 11.9.